The fraction of sp³-hybridized carbons (Fsp3) is 0.200. The Morgan fingerprint density at radius 2 is 1.77 bits per heavy atom. The molecule has 0 atom stereocenters. The second kappa shape index (κ2) is 7.97. The van der Waals surface area contributed by atoms with E-state index in [1.54, 1.807) is 42.1 Å². The summed E-state index contributed by atoms with van der Waals surface area (Å²) in [6.07, 6.45) is 0.658. The topological polar surface area (TPSA) is 46.2 Å². The summed E-state index contributed by atoms with van der Waals surface area (Å²) >= 11 is 7.44. The maximum atomic E-state index is 12.8. The van der Waals surface area contributed by atoms with Gasteiger partial charge in [-0.15, -0.1) is 11.8 Å². The molecule has 0 saturated heterocycles. The first kappa shape index (κ1) is 17.3. The molecule has 2 rings (SSSR count). The van der Waals surface area contributed by atoms with Crippen LogP contribution in [0.3, 0.4) is 0 Å². The summed E-state index contributed by atoms with van der Waals surface area (Å²) in [7, 11) is -3.58. The lowest BCUT2D eigenvalue weighted by Crippen LogP contribution is -2.25. The molecule has 22 heavy (non-hydrogen) atoms. The van der Waals surface area contributed by atoms with Gasteiger partial charge in [0.2, 0.25) is 10.0 Å². The van der Waals surface area contributed by atoms with Gasteiger partial charge in [-0.2, -0.15) is 0 Å². The van der Waals surface area contributed by atoms with Crippen LogP contribution in [0.2, 0.25) is 5.02 Å². The standard InChI is InChI=1S/C15H15ClFNO2S2/c16-14-4-1-2-5-15(14)22(19,20)18-10-3-11-21-13-8-6-12(17)7-9-13/h1-2,4-9,18H,3,10-11H2. The SMILES string of the molecule is O=S(=O)(NCCCSc1ccc(F)cc1)c1ccccc1Cl. The van der Waals surface area contributed by atoms with Crippen LogP contribution < -0.4 is 4.72 Å². The summed E-state index contributed by atoms with van der Waals surface area (Å²) in [6, 6.07) is 12.5. The minimum Gasteiger partial charge on any atom is -0.211 e. The summed E-state index contributed by atoms with van der Waals surface area (Å²) in [5.74, 6) is 0.466. The van der Waals surface area contributed by atoms with Gasteiger partial charge in [-0.1, -0.05) is 23.7 Å². The smallest absolute Gasteiger partial charge is 0.211 e. The summed E-state index contributed by atoms with van der Waals surface area (Å²) in [5, 5.41) is 0.204. The van der Waals surface area contributed by atoms with E-state index in [9.17, 15) is 12.8 Å². The minimum absolute atomic E-state index is 0.0860. The number of sulfonamides is 1. The summed E-state index contributed by atoms with van der Waals surface area (Å²) in [4.78, 5) is 1.04. The number of nitrogens with one attached hydrogen (secondary N) is 1. The molecule has 0 spiro atoms. The molecule has 0 aromatic heterocycles. The van der Waals surface area contributed by atoms with E-state index in [0.29, 0.717) is 13.0 Å². The third-order valence-corrected chi connectivity index (χ3v) is 5.88. The highest BCUT2D eigenvalue weighted by Gasteiger charge is 2.16. The molecule has 0 amide bonds. The maximum absolute atomic E-state index is 12.8. The Labute approximate surface area is 138 Å². The lowest BCUT2D eigenvalue weighted by molar-refractivity contribution is 0.581. The predicted molar refractivity (Wildman–Crippen MR) is 88.4 cm³/mol. The van der Waals surface area contributed by atoms with Gasteiger partial charge in [0.15, 0.2) is 0 Å². The van der Waals surface area contributed by atoms with Crippen molar-refractivity contribution in [2.24, 2.45) is 0 Å². The van der Waals surface area contributed by atoms with Crippen LogP contribution in [0.1, 0.15) is 6.42 Å². The highest BCUT2D eigenvalue weighted by Crippen LogP contribution is 2.21. The average Bonchev–Trinajstić information content (AvgIpc) is 2.49. The van der Waals surface area contributed by atoms with Gasteiger partial charge in [0.1, 0.15) is 10.7 Å². The Bertz CT molecular complexity index is 721. The molecule has 2 aromatic rings. The zero-order valence-corrected chi connectivity index (χ0v) is 14.0. The molecule has 0 heterocycles. The van der Waals surface area contributed by atoms with Gasteiger partial charge in [0.05, 0.1) is 5.02 Å². The van der Waals surface area contributed by atoms with E-state index >= 15 is 0 Å². The van der Waals surface area contributed by atoms with Crippen LogP contribution in [0.5, 0.6) is 0 Å². The first-order valence-corrected chi connectivity index (χ1v) is 9.46. The van der Waals surface area contributed by atoms with Crippen LogP contribution in [0.15, 0.2) is 58.3 Å². The van der Waals surface area contributed by atoms with Crippen molar-refractivity contribution in [1.82, 2.24) is 4.72 Å². The van der Waals surface area contributed by atoms with Crippen LogP contribution in [-0.2, 0) is 10.0 Å². The zero-order chi connectivity index (χ0) is 16.0. The largest absolute Gasteiger partial charge is 0.242 e. The highest BCUT2D eigenvalue weighted by atomic mass is 35.5. The number of hydrogen-bond acceptors (Lipinski definition) is 3. The fourth-order valence-corrected chi connectivity index (χ4v) is 4.18. The summed E-state index contributed by atoms with van der Waals surface area (Å²) in [6.45, 7) is 0.321. The molecule has 0 aliphatic carbocycles. The Morgan fingerprint density at radius 3 is 2.45 bits per heavy atom. The molecule has 0 unspecified atom stereocenters. The van der Waals surface area contributed by atoms with Gasteiger partial charge < -0.3 is 0 Å². The molecular weight excluding hydrogens is 345 g/mol. The van der Waals surface area contributed by atoms with Crippen molar-refractivity contribution in [3.05, 3.63) is 59.4 Å². The molecule has 118 valence electrons. The van der Waals surface area contributed by atoms with Crippen molar-refractivity contribution in [2.45, 2.75) is 16.2 Å². The quantitative estimate of drug-likeness (QED) is 0.601. The third kappa shape index (κ3) is 4.98. The van der Waals surface area contributed by atoms with Crippen molar-refractivity contribution in [2.75, 3.05) is 12.3 Å². The van der Waals surface area contributed by atoms with Gasteiger partial charge in [-0.25, -0.2) is 17.5 Å². The molecule has 3 nitrogen and oxygen atoms in total. The Balaban J connectivity index is 1.79. The van der Waals surface area contributed by atoms with Crippen molar-refractivity contribution >= 4 is 33.4 Å². The van der Waals surface area contributed by atoms with Crippen molar-refractivity contribution < 1.29 is 12.8 Å². The van der Waals surface area contributed by atoms with Crippen LogP contribution in [0, 0.1) is 5.82 Å². The fourth-order valence-electron chi connectivity index (χ4n) is 1.74. The first-order chi connectivity index (χ1) is 10.5. The highest BCUT2D eigenvalue weighted by molar-refractivity contribution is 7.99. The van der Waals surface area contributed by atoms with Crippen molar-refractivity contribution in [3.63, 3.8) is 0 Å². The third-order valence-electron chi connectivity index (χ3n) is 2.82. The van der Waals surface area contributed by atoms with E-state index in [1.165, 1.54) is 18.2 Å². The van der Waals surface area contributed by atoms with E-state index in [0.717, 1.165) is 10.6 Å². The van der Waals surface area contributed by atoms with Gasteiger partial charge in [-0.3, -0.25) is 0 Å². The van der Waals surface area contributed by atoms with Crippen molar-refractivity contribution in [3.8, 4) is 0 Å². The number of thioether (sulfide) groups is 1. The number of halogens is 2. The van der Waals surface area contributed by atoms with Gasteiger partial charge in [-0.05, 0) is 48.6 Å². The average molecular weight is 360 g/mol. The molecule has 0 aliphatic rings. The molecular formula is C15H15ClFNO2S2. The Morgan fingerprint density at radius 1 is 1.09 bits per heavy atom. The van der Waals surface area contributed by atoms with Crippen molar-refractivity contribution in [1.29, 1.82) is 0 Å². The summed E-state index contributed by atoms with van der Waals surface area (Å²) < 4.78 is 39.4. The first-order valence-electron chi connectivity index (χ1n) is 6.61. The van der Waals surface area contributed by atoms with E-state index in [1.807, 2.05) is 0 Å². The minimum atomic E-state index is -3.58. The lowest BCUT2D eigenvalue weighted by Gasteiger charge is -2.08. The lowest BCUT2D eigenvalue weighted by atomic mass is 10.4. The molecule has 7 heteroatoms. The van der Waals surface area contributed by atoms with Crippen LogP contribution >= 0.6 is 23.4 Å². The van der Waals surface area contributed by atoms with E-state index in [-0.39, 0.29) is 15.7 Å². The molecule has 0 radical (unpaired) electrons. The molecule has 1 N–H and O–H groups in total. The number of rotatable bonds is 7. The van der Waals surface area contributed by atoms with Crippen LogP contribution in [-0.4, -0.2) is 20.7 Å². The monoisotopic (exact) mass is 359 g/mol. The summed E-state index contributed by atoms with van der Waals surface area (Å²) in [5.41, 5.74) is 0. The molecule has 2 aromatic carbocycles. The predicted octanol–water partition coefficient (Wildman–Crippen LogP) is 3.94. The maximum Gasteiger partial charge on any atom is 0.242 e. The Hall–Kier alpha value is -1.08. The zero-order valence-electron chi connectivity index (χ0n) is 11.6. The number of benzene rings is 2. The second-order valence-corrected chi connectivity index (χ2v) is 7.80. The van der Waals surface area contributed by atoms with E-state index in [4.69, 9.17) is 11.6 Å². The van der Waals surface area contributed by atoms with Gasteiger partial charge in [0, 0.05) is 11.4 Å². The van der Waals surface area contributed by atoms with Gasteiger partial charge >= 0.3 is 0 Å². The molecule has 0 saturated carbocycles. The van der Waals surface area contributed by atoms with E-state index < -0.39 is 10.0 Å². The van der Waals surface area contributed by atoms with Crippen LogP contribution in [0.4, 0.5) is 4.39 Å². The van der Waals surface area contributed by atoms with Gasteiger partial charge in [0.25, 0.3) is 0 Å². The second-order valence-electron chi connectivity index (χ2n) is 4.48. The van der Waals surface area contributed by atoms with E-state index in [2.05, 4.69) is 4.72 Å². The number of hydrogen-bond donors (Lipinski definition) is 1. The molecule has 0 fully saturated rings. The molecule has 0 bridgehead atoms. The molecule has 0 aliphatic heterocycles. The van der Waals surface area contributed by atoms with Crippen LogP contribution in [0.25, 0.3) is 0 Å². The normalized spacial score (nSPS) is 11.5. The Kier molecular flexibility index (Phi) is 6.26.